The summed E-state index contributed by atoms with van der Waals surface area (Å²) in [6.45, 7) is 8.25. The molecule has 0 amide bonds. The Labute approximate surface area is 117 Å². The summed E-state index contributed by atoms with van der Waals surface area (Å²) in [5.74, 6) is 0.531. The average molecular weight is 271 g/mol. The van der Waals surface area contributed by atoms with Crippen LogP contribution in [0.15, 0.2) is 0 Å². The second-order valence-electron chi connectivity index (χ2n) is 5.69. The van der Waals surface area contributed by atoms with Crippen LogP contribution in [0.25, 0.3) is 0 Å². The molecule has 3 atom stereocenters. The highest BCUT2D eigenvalue weighted by atomic mass is 16.5. The molecule has 0 bridgehead atoms. The molecule has 0 spiro atoms. The van der Waals surface area contributed by atoms with Crippen LogP contribution in [0.1, 0.15) is 20.3 Å². The molecular formula is C14H29N3O2. The summed E-state index contributed by atoms with van der Waals surface area (Å²) in [6.07, 6.45) is 0.813. The van der Waals surface area contributed by atoms with Gasteiger partial charge in [0.2, 0.25) is 0 Å². The normalized spacial score (nSPS) is 25.8. The van der Waals surface area contributed by atoms with Gasteiger partial charge in [0.1, 0.15) is 6.04 Å². The summed E-state index contributed by atoms with van der Waals surface area (Å²) >= 11 is 0. The Bertz CT molecular complexity index is 284. The van der Waals surface area contributed by atoms with E-state index in [0.29, 0.717) is 12.0 Å². The van der Waals surface area contributed by atoms with Crippen LogP contribution < -0.4 is 5.32 Å². The molecule has 1 saturated heterocycles. The molecule has 1 N–H and O–H groups in total. The topological polar surface area (TPSA) is 44.8 Å². The average Bonchev–Trinajstić information content (AvgIpc) is 2.75. The van der Waals surface area contributed by atoms with Gasteiger partial charge in [-0.3, -0.25) is 4.79 Å². The van der Waals surface area contributed by atoms with Crippen molar-refractivity contribution in [1.82, 2.24) is 15.1 Å². The van der Waals surface area contributed by atoms with Gasteiger partial charge in [-0.25, -0.2) is 0 Å². The van der Waals surface area contributed by atoms with Crippen LogP contribution in [0.3, 0.4) is 0 Å². The third-order valence-electron chi connectivity index (χ3n) is 3.98. The zero-order valence-corrected chi connectivity index (χ0v) is 13.0. The number of carbonyl (C=O) groups is 1. The van der Waals surface area contributed by atoms with Crippen molar-refractivity contribution in [3.63, 3.8) is 0 Å². The molecule has 112 valence electrons. The predicted octanol–water partition coefficient (Wildman–Crippen LogP) is 0.410. The standard InChI is InChI=1S/C14H29N3O2/c1-6-15-12(14(18)19-5)7-8-17-9-11(2)13(10-17)16(3)4/h11-13,15H,6-10H2,1-5H3. The SMILES string of the molecule is CCNC(CCN1CC(C)C(N(C)C)C1)C(=O)OC. The van der Waals surface area contributed by atoms with Crippen molar-refractivity contribution < 1.29 is 9.53 Å². The van der Waals surface area contributed by atoms with Crippen LogP contribution in [0.2, 0.25) is 0 Å². The molecule has 3 unspecified atom stereocenters. The van der Waals surface area contributed by atoms with E-state index < -0.39 is 0 Å². The minimum atomic E-state index is -0.177. The molecule has 1 rings (SSSR count). The highest BCUT2D eigenvalue weighted by Crippen LogP contribution is 2.20. The fraction of sp³-hybridized carbons (Fsp3) is 0.929. The van der Waals surface area contributed by atoms with Crippen LogP contribution in [0, 0.1) is 5.92 Å². The van der Waals surface area contributed by atoms with Crippen LogP contribution in [0.5, 0.6) is 0 Å². The zero-order valence-electron chi connectivity index (χ0n) is 13.0. The molecule has 0 saturated carbocycles. The van der Waals surface area contributed by atoms with Gasteiger partial charge < -0.3 is 19.9 Å². The summed E-state index contributed by atoms with van der Waals surface area (Å²) in [7, 11) is 5.73. The number of methoxy groups -OCH3 is 1. The first kappa shape index (κ1) is 16.4. The minimum absolute atomic E-state index is 0.154. The van der Waals surface area contributed by atoms with Crippen molar-refractivity contribution in [2.75, 3.05) is 47.4 Å². The maximum Gasteiger partial charge on any atom is 0.322 e. The molecule has 0 aromatic rings. The number of likely N-dealkylation sites (N-methyl/N-ethyl adjacent to an activating group) is 2. The van der Waals surface area contributed by atoms with Crippen molar-refractivity contribution in [2.24, 2.45) is 5.92 Å². The van der Waals surface area contributed by atoms with Crippen molar-refractivity contribution in [1.29, 1.82) is 0 Å². The van der Waals surface area contributed by atoms with E-state index >= 15 is 0 Å². The second kappa shape index (κ2) is 7.82. The minimum Gasteiger partial charge on any atom is -0.468 e. The lowest BCUT2D eigenvalue weighted by atomic mass is 10.1. The molecule has 0 aromatic carbocycles. The quantitative estimate of drug-likeness (QED) is 0.680. The van der Waals surface area contributed by atoms with Crippen molar-refractivity contribution in [3.05, 3.63) is 0 Å². The van der Waals surface area contributed by atoms with E-state index in [0.717, 1.165) is 32.6 Å². The van der Waals surface area contributed by atoms with E-state index in [-0.39, 0.29) is 12.0 Å². The third-order valence-corrected chi connectivity index (χ3v) is 3.98. The van der Waals surface area contributed by atoms with Crippen LogP contribution in [-0.2, 0) is 9.53 Å². The molecular weight excluding hydrogens is 242 g/mol. The number of carbonyl (C=O) groups excluding carboxylic acids is 1. The van der Waals surface area contributed by atoms with Crippen LogP contribution >= 0.6 is 0 Å². The van der Waals surface area contributed by atoms with Gasteiger partial charge in [0.15, 0.2) is 0 Å². The Morgan fingerprint density at radius 1 is 1.47 bits per heavy atom. The number of likely N-dealkylation sites (tertiary alicyclic amines) is 1. The lowest BCUT2D eigenvalue weighted by molar-refractivity contribution is -0.143. The maximum absolute atomic E-state index is 11.6. The molecule has 0 radical (unpaired) electrons. The number of nitrogens with zero attached hydrogens (tertiary/aromatic N) is 2. The first-order valence-corrected chi connectivity index (χ1v) is 7.19. The van der Waals surface area contributed by atoms with Gasteiger partial charge in [-0.2, -0.15) is 0 Å². The van der Waals surface area contributed by atoms with Gasteiger partial charge in [0, 0.05) is 25.7 Å². The Hall–Kier alpha value is -0.650. The van der Waals surface area contributed by atoms with E-state index in [1.165, 1.54) is 7.11 Å². The largest absolute Gasteiger partial charge is 0.468 e. The van der Waals surface area contributed by atoms with Gasteiger partial charge >= 0.3 is 5.97 Å². The van der Waals surface area contributed by atoms with E-state index in [4.69, 9.17) is 4.74 Å². The van der Waals surface area contributed by atoms with Gasteiger partial charge in [0.25, 0.3) is 0 Å². The summed E-state index contributed by atoms with van der Waals surface area (Å²) in [5, 5.41) is 3.19. The van der Waals surface area contributed by atoms with Gasteiger partial charge in [-0.05, 0) is 33.0 Å². The van der Waals surface area contributed by atoms with Crippen LogP contribution in [-0.4, -0.2) is 75.2 Å². The summed E-state index contributed by atoms with van der Waals surface area (Å²) in [5.41, 5.74) is 0. The van der Waals surface area contributed by atoms with Crippen LogP contribution in [0.4, 0.5) is 0 Å². The number of hydrogen-bond acceptors (Lipinski definition) is 5. The monoisotopic (exact) mass is 271 g/mol. The number of rotatable bonds is 7. The number of hydrogen-bond donors (Lipinski definition) is 1. The lowest BCUT2D eigenvalue weighted by Crippen LogP contribution is -2.40. The second-order valence-corrected chi connectivity index (χ2v) is 5.69. The highest BCUT2D eigenvalue weighted by Gasteiger charge is 2.31. The Morgan fingerprint density at radius 3 is 2.63 bits per heavy atom. The van der Waals surface area contributed by atoms with E-state index in [2.05, 4.69) is 36.1 Å². The Morgan fingerprint density at radius 2 is 2.16 bits per heavy atom. The molecule has 1 aliphatic rings. The summed E-state index contributed by atoms with van der Waals surface area (Å²) < 4.78 is 4.83. The fourth-order valence-electron chi connectivity index (χ4n) is 2.91. The molecule has 5 nitrogen and oxygen atoms in total. The first-order valence-electron chi connectivity index (χ1n) is 7.19. The Balaban J connectivity index is 2.41. The number of nitrogens with one attached hydrogen (secondary N) is 1. The maximum atomic E-state index is 11.6. The molecule has 1 aliphatic heterocycles. The molecule has 5 heteroatoms. The third kappa shape index (κ3) is 4.75. The molecule has 1 heterocycles. The van der Waals surface area contributed by atoms with Gasteiger partial charge in [0.05, 0.1) is 7.11 Å². The molecule has 0 aliphatic carbocycles. The number of esters is 1. The Kier molecular flexibility index (Phi) is 6.75. The van der Waals surface area contributed by atoms with Crippen molar-refractivity contribution >= 4 is 5.97 Å². The number of ether oxygens (including phenoxy) is 1. The molecule has 0 aromatic heterocycles. The van der Waals surface area contributed by atoms with E-state index in [9.17, 15) is 4.79 Å². The van der Waals surface area contributed by atoms with E-state index in [1.54, 1.807) is 0 Å². The molecule has 1 fully saturated rings. The van der Waals surface area contributed by atoms with Crippen molar-refractivity contribution in [3.8, 4) is 0 Å². The zero-order chi connectivity index (χ0) is 14.4. The molecule has 19 heavy (non-hydrogen) atoms. The highest BCUT2D eigenvalue weighted by molar-refractivity contribution is 5.75. The summed E-state index contributed by atoms with van der Waals surface area (Å²) in [4.78, 5) is 16.4. The predicted molar refractivity (Wildman–Crippen MR) is 77.2 cm³/mol. The van der Waals surface area contributed by atoms with Gasteiger partial charge in [-0.1, -0.05) is 13.8 Å². The summed E-state index contributed by atoms with van der Waals surface area (Å²) in [6, 6.07) is 0.444. The van der Waals surface area contributed by atoms with Gasteiger partial charge in [-0.15, -0.1) is 0 Å². The smallest absolute Gasteiger partial charge is 0.322 e. The van der Waals surface area contributed by atoms with E-state index in [1.807, 2.05) is 6.92 Å². The fourth-order valence-corrected chi connectivity index (χ4v) is 2.91. The van der Waals surface area contributed by atoms with Crippen molar-refractivity contribution in [2.45, 2.75) is 32.4 Å². The lowest BCUT2D eigenvalue weighted by Gasteiger charge is -2.23. The first-order chi connectivity index (χ1) is 8.99.